The minimum atomic E-state index is -0.718. The standard InChI is InChI=1S/C17H15Cl2FN4O2/c1-25-4-5-26-13-7-12-9(6-11(13)21)16(22)24-17(23-12)8-2-3-10(18)14(19)15(8)20/h2-3,6-7H,4-5,21H2,1H3,(H2,22,23,24). The van der Waals surface area contributed by atoms with Crippen molar-refractivity contribution in [3.8, 4) is 17.1 Å². The van der Waals surface area contributed by atoms with Crippen LogP contribution in [0.1, 0.15) is 0 Å². The Labute approximate surface area is 158 Å². The monoisotopic (exact) mass is 396 g/mol. The third-order valence-electron chi connectivity index (χ3n) is 3.68. The number of hydrogen-bond donors (Lipinski definition) is 2. The van der Waals surface area contributed by atoms with Crippen molar-refractivity contribution >= 4 is 45.6 Å². The van der Waals surface area contributed by atoms with E-state index < -0.39 is 5.82 Å². The van der Waals surface area contributed by atoms with Crippen LogP contribution in [0.2, 0.25) is 10.0 Å². The van der Waals surface area contributed by atoms with Gasteiger partial charge in [0.2, 0.25) is 0 Å². The van der Waals surface area contributed by atoms with Gasteiger partial charge in [-0.1, -0.05) is 23.2 Å². The Morgan fingerprint density at radius 1 is 1.12 bits per heavy atom. The van der Waals surface area contributed by atoms with E-state index in [1.807, 2.05) is 0 Å². The molecule has 3 aromatic rings. The number of anilines is 2. The molecule has 0 fully saturated rings. The third kappa shape index (κ3) is 3.46. The molecule has 2 aromatic carbocycles. The average Bonchev–Trinajstić information content (AvgIpc) is 2.61. The van der Waals surface area contributed by atoms with Crippen LogP contribution >= 0.6 is 23.2 Å². The molecule has 0 radical (unpaired) electrons. The van der Waals surface area contributed by atoms with E-state index >= 15 is 0 Å². The second-order valence-corrected chi connectivity index (χ2v) is 6.19. The first-order chi connectivity index (χ1) is 12.4. The van der Waals surface area contributed by atoms with Crippen LogP contribution in [-0.4, -0.2) is 30.3 Å². The smallest absolute Gasteiger partial charge is 0.165 e. The van der Waals surface area contributed by atoms with Gasteiger partial charge in [-0.2, -0.15) is 0 Å². The summed E-state index contributed by atoms with van der Waals surface area (Å²) in [4.78, 5) is 8.53. The van der Waals surface area contributed by atoms with Gasteiger partial charge < -0.3 is 20.9 Å². The fourth-order valence-corrected chi connectivity index (χ4v) is 2.69. The van der Waals surface area contributed by atoms with E-state index in [-0.39, 0.29) is 27.3 Å². The van der Waals surface area contributed by atoms with Crippen molar-refractivity contribution in [1.29, 1.82) is 0 Å². The van der Waals surface area contributed by atoms with Crippen LogP contribution in [0.4, 0.5) is 15.9 Å². The van der Waals surface area contributed by atoms with Gasteiger partial charge >= 0.3 is 0 Å². The summed E-state index contributed by atoms with van der Waals surface area (Å²) < 4.78 is 24.9. The molecule has 9 heteroatoms. The molecule has 0 atom stereocenters. The predicted octanol–water partition coefficient (Wildman–Crippen LogP) is 3.93. The second kappa shape index (κ2) is 7.49. The van der Waals surface area contributed by atoms with Crippen LogP contribution in [0.15, 0.2) is 24.3 Å². The number of rotatable bonds is 5. The summed E-state index contributed by atoms with van der Waals surface area (Å²) in [7, 11) is 1.57. The first-order valence-electron chi connectivity index (χ1n) is 7.54. The summed E-state index contributed by atoms with van der Waals surface area (Å²) in [6, 6.07) is 6.14. The molecule has 0 aliphatic heterocycles. The van der Waals surface area contributed by atoms with Gasteiger partial charge in [-0.05, 0) is 18.2 Å². The molecule has 3 rings (SSSR count). The van der Waals surface area contributed by atoms with E-state index in [4.69, 9.17) is 44.1 Å². The summed E-state index contributed by atoms with van der Waals surface area (Å²) in [5.74, 6) is -0.0533. The maximum Gasteiger partial charge on any atom is 0.165 e. The molecule has 0 saturated carbocycles. The van der Waals surface area contributed by atoms with Gasteiger partial charge in [0.05, 0.1) is 33.4 Å². The van der Waals surface area contributed by atoms with Crippen LogP contribution < -0.4 is 16.2 Å². The summed E-state index contributed by atoms with van der Waals surface area (Å²) >= 11 is 11.7. The lowest BCUT2D eigenvalue weighted by atomic mass is 10.1. The number of benzene rings is 2. The number of nitrogen functional groups attached to an aromatic ring is 2. The van der Waals surface area contributed by atoms with Crippen molar-refractivity contribution in [2.75, 3.05) is 31.8 Å². The minimum Gasteiger partial charge on any atom is -0.489 e. The van der Waals surface area contributed by atoms with Crippen molar-refractivity contribution in [2.24, 2.45) is 0 Å². The average molecular weight is 397 g/mol. The molecule has 1 heterocycles. The van der Waals surface area contributed by atoms with E-state index in [0.29, 0.717) is 35.6 Å². The van der Waals surface area contributed by atoms with Crippen molar-refractivity contribution in [2.45, 2.75) is 0 Å². The van der Waals surface area contributed by atoms with Crippen molar-refractivity contribution in [3.63, 3.8) is 0 Å². The zero-order chi connectivity index (χ0) is 18.8. The Kier molecular flexibility index (Phi) is 5.31. The highest BCUT2D eigenvalue weighted by Gasteiger charge is 2.17. The molecule has 0 aliphatic carbocycles. The van der Waals surface area contributed by atoms with Crippen molar-refractivity contribution in [1.82, 2.24) is 9.97 Å². The molecule has 0 amide bonds. The van der Waals surface area contributed by atoms with Crippen LogP contribution in [-0.2, 0) is 4.74 Å². The molecule has 26 heavy (non-hydrogen) atoms. The third-order valence-corrected chi connectivity index (χ3v) is 4.46. The number of methoxy groups -OCH3 is 1. The number of ether oxygens (including phenoxy) is 2. The SMILES string of the molecule is COCCOc1cc2nc(-c3ccc(Cl)c(Cl)c3F)nc(N)c2cc1N. The largest absolute Gasteiger partial charge is 0.489 e. The summed E-state index contributed by atoms with van der Waals surface area (Å²) in [6.45, 7) is 0.726. The van der Waals surface area contributed by atoms with E-state index in [2.05, 4.69) is 9.97 Å². The molecule has 1 aromatic heterocycles. The highest BCUT2D eigenvalue weighted by Crippen LogP contribution is 2.34. The summed E-state index contributed by atoms with van der Waals surface area (Å²) in [5, 5.41) is 0.432. The Bertz CT molecular complexity index is 985. The van der Waals surface area contributed by atoms with Crippen LogP contribution in [0.5, 0.6) is 5.75 Å². The van der Waals surface area contributed by atoms with Crippen LogP contribution in [0.3, 0.4) is 0 Å². The number of nitrogens with two attached hydrogens (primary N) is 2. The van der Waals surface area contributed by atoms with Crippen molar-refractivity contribution in [3.05, 3.63) is 40.1 Å². The Hall–Kier alpha value is -2.35. The summed E-state index contributed by atoms with van der Waals surface area (Å²) in [6.07, 6.45) is 0. The molecule has 4 N–H and O–H groups in total. The van der Waals surface area contributed by atoms with Gasteiger partial charge in [-0.25, -0.2) is 14.4 Å². The first-order valence-corrected chi connectivity index (χ1v) is 8.30. The lowest BCUT2D eigenvalue weighted by Gasteiger charge is -2.12. The molecular weight excluding hydrogens is 382 g/mol. The highest BCUT2D eigenvalue weighted by molar-refractivity contribution is 6.42. The fourth-order valence-electron chi connectivity index (χ4n) is 2.38. The number of aromatic nitrogens is 2. The quantitative estimate of drug-likeness (QED) is 0.385. The van der Waals surface area contributed by atoms with Gasteiger partial charge in [-0.15, -0.1) is 0 Å². The number of halogens is 3. The van der Waals surface area contributed by atoms with Gasteiger partial charge in [-0.3, -0.25) is 0 Å². The maximum absolute atomic E-state index is 14.4. The zero-order valence-electron chi connectivity index (χ0n) is 13.7. The Morgan fingerprint density at radius 2 is 1.88 bits per heavy atom. The fraction of sp³-hybridized carbons (Fsp3) is 0.176. The molecule has 0 bridgehead atoms. The second-order valence-electron chi connectivity index (χ2n) is 5.40. The van der Waals surface area contributed by atoms with Gasteiger partial charge in [0.1, 0.15) is 18.2 Å². The first kappa shape index (κ1) is 18.4. The molecule has 0 unspecified atom stereocenters. The molecule has 0 aliphatic rings. The maximum atomic E-state index is 14.4. The van der Waals surface area contributed by atoms with E-state index in [1.165, 1.54) is 12.1 Å². The molecule has 136 valence electrons. The number of hydrogen-bond acceptors (Lipinski definition) is 6. The minimum absolute atomic E-state index is 0.0821. The topological polar surface area (TPSA) is 96.3 Å². The lowest BCUT2D eigenvalue weighted by Crippen LogP contribution is -2.07. The lowest BCUT2D eigenvalue weighted by molar-refractivity contribution is 0.147. The Balaban J connectivity index is 2.11. The van der Waals surface area contributed by atoms with Crippen molar-refractivity contribution < 1.29 is 13.9 Å². The highest BCUT2D eigenvalue weighted by atomic mass is 35.5. The van der Waals surface area contributed by atoms with E-state index in [0.717, 1.165) is 0 Å². The number of nitrogens with zero attached hydrogens (tertiary/aromatic N) is 2. The van der Waals surface area contributed by atoms with E-state index in [1.54, 1.807) is 19.2 Å². The summed E-state index contributed by atoms with van der Waals surface area (Å²) in [5.41, 5.74) is 12.9. The zero-order valence-corrected chi connectivity index (χ0v) is 15.2. The molecule has 6 nitrogen and oxygen atoms in total. The van der Waals surface area contributed by atoms with E-state index in [9.17, 15) is 4.39 Å². The van der Waals surface area contributed by atoms with Crippen LogP contribution in [0, 0.1) is 5.82 Å². The van der Waals surface area contributed by atoms with Gasteiger partial charge in [0.25, 0.3) is 0 Å². The normalized spacial score (nSPS) is 11.1. The number of fused-ring (bicyclic) bond motifs is 1. The van der Waals surface area contributed by atoms with Crippen LogP contribution in [0.25, 0.3) is 22.3 Å². The molecule has 0 spiro atoms. The van der Waals surface area contributed by atoms with Gasteiger partial charge in [0, 0.05) is 18.6 Å². The molecule has 0 saturated heterocycles. The van der Waals surface area contributed by atoms with Gasteiger partial charge in [0.15, 0.2) is 11.6 Å². The predicted molar refractivity (Wildman–Crippen MR) is 101 cm³/mol. The Morgan fingerprint density at radius 3 is 2.62 bits per heavy atom. The molecular formula is C17H15Cl2FN4O2.